The summed E-state index contributed by atoms with van der Waals surface area (Å²) in [5.41, 5.74) is 5.60. The average Bonchev–Trinajstić information content (AvgIpc) is 2.93. The van der Waals surface area contributed by atoms with Crippen LogP contribution >= 0.6 is 0 Å². The van der Waals surface area contributed by atoms with Gasteiger partial charge >= 0.3 is 0 Å². The molecule has 0 radical (unpaired) electrons. The number of sulfone groups is 1. The summed E-state index contributed by atoms with van der Waals surface area (Å²) >= 11 is 0. The van der Waals surface area contributed by atoms with E-state index in [1.807, 2.05) is 58.0 Å². The Hall–Kier alpha value is -2.40. The zero-order chi connectivity index (χ0) is 19.1. The zero-order valence-corrected chi connectivity index (χ0v) is 16.3. The van der Waals surface area contributed by atoms with Crippen LogP contribution in [-0.2, 0) is 9.84 Å². The molecule has 0 aliphatic carbocycles. The lowest BCUT2D eigenvalue weighted by atomic mass is 10.0. The Morgan fingerprint density at radius 1 is 0.923 bits per heavy atom. The summed E-state index contributed by atoms with van der Waals surface area (Å²) in [6.45, 7) is 7.96. The number of aryl methyl sites for hydroxylation is 4. The second-order valence-electron chi connectivity index (χ2n) is 6.97. The van der Waals surface area contributed by atoms with Gasteiger partial charge in [-0.05, 0) is 80.3 Å². The minimum atomic E-state index is -3.27. The topological polar surface area (TPSA) is 54.5 Å². The summed E-state index contributed by atoms with van der Waals surface area (Å²) in [4.78, 5) is 14.9. The Morgan fingerprint density at radius 2 is 1.54 bits per heavy atom. The van der Waals surface area contributed by atoms with E-state index < -0.39 is 15.9 Å². The van der Waals surface area contributed by atoms with Crippen LogP contribution in [0.4, 0.5) is 5.69 Å². The number of carbonyl (C=O) groups is 1. The number of hydrogen-bond donors (Lipinski definition) is 0. The number of hydrogen-bond acceptors (Lipinski definition) is 3. The van der Waals surface area contributed by atoms with Crippen molar-refractivity contribution in [3.05, 3.63) is 75.7 Å². The number of nitrogens with zero attached hydrogens (tertiary/aromatic N) is 1. The van der Waals surface area contributed by atoms with Gasteiger partial charge in [-0.25, -0.2) is 8.42 Å². The van der Waals surface area contributed by atoms with E-state index in [2.05, 4.69) is 0 Å². The molecule has 136 valence electrons. The van der Waals surface area contributed by atoms with Crippen LogP contribution in [0.5, 0.6) is 0 Å². The SMILES string of the molecule is Cc1ccc(C(=O)N(c2ccc(C)c(C)c2)[C@@H]2C=CS(=O)(=O)C2)cc1C. The molecule has 2 aromatic carbocycles. The van der Waals surface area contributed by atoms with Crippen LogP contribution in [0, 0.1) is 27.7 Å². The highest BCUT2D eigenvalue weighted by molar-refractivity contribution is 7.94. The van der Waals surface area contributed by atoms with E-state index in [0.29, 0.717) is 11.3 Å². The number of benzene rings is 2. The highest BCUT2D eigenvalue weighted by atomic mass is 32.2. The summed E-state index contributed by atoms with van der Waals surface area (Å²) in [6, 6.07) is 10.8. The molecule has 1 aliphatic heterocycles. The van der Waals surface area contributed by atoms with Crippen molar-refractivity contribution < 1.29 is 13.2 Å². The van der Waals surface area contributed by atoms with Crippen LogP contribution in [0.1, 0.15) is 32.6 Å². The maximum atomic E-state index is 13.3. The van der Waals surface area contributed by atoms with Crippen molar-refractivity contribution in [3.8, 4) is 0 Å². The van der Waals surface area contributed by atoms with Gasteiger partial charge < -0.3 is 4.90 Å². The summed E-state index contributed by atoms with van der Waals surface area (Å²) in [6.07, 6.45) is 1.60. The molecule has 1 amide bonds. The van der Waals surface area contributed by atoms with E-state index in [4.69, 9.17) is 0 Å². The molecule has 1 atom stereocenters. The average molecular weight is 369 g/mol. The largest absolute Gasteiger partial charge is 0.300 e. The third kappa shape index (κ3) is 3.58. The van der Waals surface area contributed by atoms with Gasteiger partial charge in [-0.2, -0.15) is 0 Å². The minimum Gasteiger partial charge on any atom is -0.300 e. The smallest absolute Gasteiger partial charge is 0.258 e. The molecule has 0 saturated carbocycles. The van der Waals surface area contributed by atoms with E-state index >= 15 is 0 Å². The molecule has 1 heterocycles. The zero-order valence-electron chi connectivity index (χ0n) is 15.5. The Bertz CT molecular complexity index is 1010. The van der Waals surface area contributed by atoms with Gasteiger partial charge in [0.05, 0.1) is 11.8 Å². The van der Waals surface area contributed by atoms with Crippen LogP contribution in [0.15, 0.2) is 47.9 Å². The van der Waals surface area contributed by atoms with Gasteiger partial charge in [0.1, 0.15) is 0 Å². The fourth-order valence-electron chi connectivity index (χ4n) is 3.07. The van der Waals surface area contributed by atoms with Crippen LogP contribution in [-0.4, -0.2) is 26.1 Å². The molecular weight excluding hydrogens is 346 g/mol. The molecule has 1 aliphatic rings. The third-order valence-electron chi connectivity index (χ3n) is 4.98. The highest BCUT2D eigenvalue weighted by Crippen LogP contribution is 2.27. The first-order valence-electron chi connectivity index (χ1n) is 8.57. The standard InChI is InChI=1S/C21H23NO3S/c1-14-5-7-18(11-16(14)3)21(23)22(20-9-10-26(24,25)13-20)19-8-6-15(2)17(4)12-19/h5-12,20H,13H2,1-4H3/t20-/m1/s1. The minimum absolute atomic E-state index is 0.0868. The van der Waals surface area contributed by atoms with Crippen LogP contribution in [0.2, 0.25) is 0 Å². The van der Waals surface area contributed by atoms with E-state index in [1.165, 1.54) is 5.41 Å². The summed E-state index contributed by atoms with van der Waals surface area (Å²) < 4.78 is 23.9. The van der Waals surface area contributed by atoms with Crippen molar-refractivity contribution in [2.24, 2.45) is 0 Å². The van der Waals surface area contributed by atoms with Crippen molar-refractivity contribution >= 4 is 21.4 Å². The molecule has 0 bridgehead atoms. The molecule has 3 rings (SSSR count). The second kappa shape index (κ2) is 6.72. The van der Waals surface area contributed by atoms with Crippen LogP contribution < -0.4 is 4.90 Å². The van der Waals surface area contributed by atoms with Gasteiger partial charge in [-0.3, -0.25) is 4.79 Å². The monoisotopic (exact) mass is 369 g/mol. The fraction of sp³-hybridized carbons (Fsp3) is 0.286. The molecule has 0 N–H and O–H groups in total. The molecule has 0 unspecified atom stereocenters. The van der Waals surface area contributed by atoms with E-state index in [9.17, 15) is 13.2 Å². The first-order chi connectivity index (χ1) is 12.2. The van der Waals surface area contributed by atoms with E-state index in [-0.39, 0.29) is 11.7 Å². The van der Waals surface area contributed by atoms with Gasteiger partial charge in [-0.1, -0.05) is 12.1 Å². The fourth-order valence-corrected chi connectivity index (χ4v) is 4.34. The molecule has 0 spiro atoms. The van der Waals surface area contributed by atoms with Crippen LogP contribution in [0.25, 0.3) is 0 Å². The van der Waals surface area contributed by atoms with Gasteiger partial charge in [0.15, 0.2) is 9.84 Å². The summed E-state index contributed by atoms with van der Waals surface area (Å²) in [5, 5.41) is 1.21. The Labute approximate surface area is 155 Å². The molecule has 2 aromatic rings. The van der Waals surface area contributed by atoms with Crippen molar-refractivity contribution in [1.82, 2.24) is 0 Å². The van der Waals surface area contributed by atoms with Crippen molar-refractivity contribution in [1.29, 1.82) is 0 Å². The Kier molecular flexibility index (Phi) is 4.76. The van der Waals surface area contributed by atoms with Gasteiger partial charge in [0, 0.05) is 16.7 Å². The third-order valence-corrected chi connectivity index (χ3v) is 6.36. The number of anilines is 1. The lowest BCUT2D eigenvalue weighted by Crippen LogP contribution is -2.41. The summed E-state index contributed by atoms with van der Waals surface area (Å²) in [7, 11) is -3.27. The van der Waals surface area contributed by atoms with Gasteiger partial charge in [0.2, 0.25) is 0 Å². The van der Waals surface area contributed by atoms with E-state index in [1.54, 1.807) is 17.0 Å². The van der Waals surface area contributed by atoms with Crippen molar-refractivity contribution in [2.45, 2.75) is 33.7 Å². The maximum absolute atomic E-state index is 13.3. The molecule has 0 saturated heterocycles. The first kappa shape index (κ1) is 18.4. The quantitative estimate of drug-likeness (QED) is 0.825. The number of rotatable bonds is 3. The molecule has 0 fully saturated rings. The first-order valence-corrected chi connectivity index (χ1v) is 10.3. The lowest BCUT2D eigenvalue weighted by molar-refractivity contribution is 0.0983. The lowest BCUT2D eigenvalue weighted by Gasteiger charge is -2.28. The maximum Gasteiger partial charge on any atom is 0.258 e. The normalized spacial score (nSPS) is 18.1. The molecule has 0 aromatic heterocycles. The van der Waals surface area contributed by atoms with Crippen molar-refractivity contribution in [3.63, 3.8) is 0 Å². The van der Waals surface area contributed by atoms with E-state index in [0.717, 1.165) is 22.3 Å². The van der Waals surface area contributed by atoms with Crippen molar-refractivity contribution in [2.75, 3.05) is 10.7 Å². The Balaban J connectivity index is 2.07. The van der Waals surface area contributed by atoms with Gasteiger partial charge in [0.25, 0.3) is 5.91 Å². The van der Waals surface area contributed by atoms with Crippen LogP contribution in [0.3, 0.4) is 0 Å². The second-order valence-corrected chi connectivity index (χ2v) is 8.90. The van der Waals surface area contributed by atoms with Gasteiger partial charge in [-0.15, -0.1) is 0 Å². The number of amides is 1. The predicted molar refractivity (Wildman–Crippen MR) is 105 cm³/mol. The summed E-state index contributed by atoms with van der Waals surface area (Å²) in [5.74, 6) is -0.278. The molecule has 26 heavy (non-hydrogen) atoms. The molecule has 5 heteroatoms. The predicted octanol–water partition coefficient (Wildman–Crippen LogP) is 3.88. The highest BCUT2D eigenvalue weighted by Gasteiger charge is 2.32. The molecular formula is C21H23NO3S. The number of carbonyl (C=O) groups excluding carboxylic acids is 1. The molecule has 4 nitrogen and oxygen atoms in total. The Morgan fingerprint density at radius 3 is 2.08 bits per heavy atom.